The van der Waals surface area contributed by atoms with E-state index < -0.39 is 0 Å². The second-order valence-corrected chi connectivity index (χ2v) is 6.29. The minimum absolute atomic E-state index is 0.169. The summed E-state index contributed by atoms with van der Waals surface area (Å²) in [4.78, 5) is 12.6. The standard InChI is InChI=1S/C18H20INO3/c1-5-23-17-14(19)9-13(10-16(17)22-4)18(21)20-15-8-6-7-11(2)12(15)3/h6-10H,5H2,1-4H3,(H,20,21). The van der Waals surface area contributed by atoms with Crippen LogP contribution in [0.5, 0.6) is 11.5 Å². The summed E-state index contributed by atoms with van der Waals surface area (Å²) in [7, 11) is 1.57. The highest BCUT2D eigenvalue weighted by Gasteiger charge is 2.16. The zero-order valence-corrected chi connectivity index (χ0v) is 15.9. The summed E-state index contributed by atoms with van der Waals surface area (Å²) < 4.78 is 11.8. The van der Waals surface area contributed by atoms with Gasteiger partial charge in [-0.1, -0.05) is 12.1 Å². The van der Waals surface area contributed by atoms with Crippen molar-refractivity contribution >= 4 is 34.2 Å². The fourth-order valence-corrected chi connectivity index (χ4v) is 2.97. The predicted octanol–water partition coefficient (Wildman–Crippen LogP) is 4.57. The van der Waals surface area contributed by atoms with E-state index >= 15 is 0 Å². The summed E-state index contributed by atoms with van der Waals surface area (Å²) in [5, 5.41) is 2.96. The van der Waals surface area contributed by atoms with E-state index in [1.165, 1.54) is 0 Å². The van der Waals surface area contributed by atoms with Crippen molar-refractivity contribution in [3.8, 4) is 11.5 Å². The second-order valence-electron chi connectivity index (χ2n) is 5.12. The molecule has 0 unspecified atom stereocenters. The lowest BCUT2D eigenvalue weighted by Crippen LogP contribution is -2.14. The largest absolute Gasteiger partial charge is 0.493 e. The van der Waals surface area contributed by atoms with Gasteiger partial charge >= 0.3 is 0 Å². The highest BCUT2D eigenvalue weighted by molar-refractivity contribution is 14.1. The zero-order valence-electron chi connectivity index (χ0n) is 13.7. The number of anilines is 1. The Hall–Kier alpha value is -1.76. The molecule has 0 saturated heterocycles. The van der Waals surface area contributed by atoms with Crippen molar-refractivity contribution in [3.63, 3.8) is 0 Å². The topological polar surface area (TPSA) is 47.6 Å². The van der Waals surface area contributed by atoms with E-state index in [2.05, 4.69) is 27.9 Å². The molecule has 0 aromatic heterocycles. The maximum atomic E-state index is 12.6. The molecule has 0 spiro atoms. The SMILES string of the molecule is CCOc1c(I)cc(C(=O)Nc2cccc(C)c2C)cc1OC. The molecule has 0 aliphatic rings. The highest BCUT2D eigenvalue weighted by atomic mass is 127. The molecule has 0 radical (unpaired) electrons. The first kappa shape index (κ1) is 17.6. The van der Waals surface area contributed by atoms with Crippen molar-refractivity contribution in [2.45, 2.75) is 20.8 Å². The summed E-state index contributed by atoms with van der Waals surface area (Å²) in [6.45, 7) is 6.47. The maximum absolute atomic E-state index is 12.6. The Labute approximate surface area is 150 Å². The number of halogens is 1. The average molecular weight is 425 g/mol. The Morgan fingerprint density at radius 2 is 2.00 bits per heavy atom. The lowest BCUT2D eigenvalue weighted by Gasteiger charge is -2.14. The monoisotopic (exact) mass is 425 g/mol. The fourth-order valence-electron chi connectivity index (χ4n) is 2.22. The Bertz CT molecular complexity index is 728. The molecule has 122 valence electrons. The molecule has 0 bridgehead atoms. The molecular weight excluding hydrogens is 405 g/mol. The third-order valence-corrected chi connectivity index (χ3v) is 4.43. The number of amides is 1. The molecular formula is C18H20INO3. The van der Waals surface area contributed by atoms with Gasteiger partial charge in [-0.3, -0.25) is 4.79 Å². The first-order valence-electron chi connectivity index (χ1n) is 7.35. The smallest absolute Gasteiger partial charge is 0.255 e. The van der Waals surface area contributed by atoms with E-state index in [-0.39, 0.29) is 5.91 Å². The lowest BCUT2D eigenvalue weighted by molar-refractivity contribution is 0.102. The number of benzene rings is 2. The number of hydrogen-bond donors (Lipinski definition) is 1. The van der Waals surface area contributed by atoms with Crippen molar-refractivity contribution in [3.05, 3.63) is 50.6 Å². The van der Waals surface area contributed by atoms with Crippen LogP contribution in [0.25, 0.3) is 0 Å². The minimum atomic E-state index is -0.169. The van der Waals surface area contributed by atoms with Crippen LogP contribution in [0.3, 0.4) is 0 Å². The van der Waals surface area contributed by atoms with Gasteiger partial charge in [0.2, 0.25) is 0 Å². The summed E-state index contributed by atoms with van der Waals surface area (Å²) in [6.07, 6.45) is 0. The zero-order chi connectivity index (χ0) is 17.0. The summed E-state index contributed by atoms with van der Waals surface area (Å²) in [6, 6.07) is 9.35. The molecule has 5 heteroatoms. The number of carbonyl (C=O) groups is 1. The molecule has 1 amide bonds. The van der Waals surface area contributed by atoms with Gasteiger partial charge in [0, 0.05) is 11.3 Å². The van der Waals surface area contributed by atoms with Crippen LogP contribution < -0.4 is 14.8 Å². The van der Waals surface area contributed by atoms with Gasteiger partial charge < -0.3 is 14.8 Å². The van der Waals surface area contributed by atoms with Crippen LogP contribution in [0.15, 0.2) is 30.3 Å². The molecule has 2 aromatic rings. The normalized spacial score (nSPS) is 10.3. The van der Waals surface area contributed by atoms with Gasteiger partial charge in [0.1, 0.15) is 0 Å². The maximum Gasteiger partial charge on any atom is 0.255 e. The molecule has 0 atom stereocenters. The number of ether oxygens (including phenoxy) is 2. The molecule has 0 aliphatic heterocycles. The van der Waals surface area contributed by atoms with E-state index in [9.17, 15) is 4.79 Å². The van der Waals surface area contributed by atoms with E-state index in [1.807, 2.05) is 39.0 Å². The van der Waals surface area contributed by atoms with Gasteiger partial charge in [-0.05, 0) is 72.7 Å². The van der Waals surface area contributed by atoms with Crippen LogP contribution in [0.1, 0.15) is 28.4 Å². The average Bonchev–Trinajstić information content (AvgIpc) is 2.53. The summed E-state index contributed by atoms with van der Waals surface area (Å²) in [5.74, 6) is 1.06. The van der Waals surface area contributed by atoms with Crippen LogP contribution in [0.4, 0.5) is 5.69 Å². The van der Waals surface area contributed by atoms with Crippen molar-refractivity contribution in [2.75, 3.05) is 19.0 Å². The van der Waals surface area contributed by atoms with Gasteiger partial charge in [0.05, 0.1) is 17.3 Å². The molecule has 0 heterocycles. The number of hydrogen-bond acceptors (Lipinski definition) is 3. The van der Waals surface area contributed by atoms with Crippen LogP contribution in [-0.4, -0.2) is 19.6 Å². The highest BCUT2D eigenvalue weighted by Crippen LogP contribution is 2.34. The molecule has 0 aliphatic carbocycles. The van der Waals surface area contributed by atoms with Gasteiger partial charge in [-0.15, -0.1) is 0 Å². The quantitative estimate of drug-likeness (QED) is 0.715. The number of methoxy groups -OCH3 is 1. The van der Waals surface area contributed by atoms with Crippen molar-refractivity contribution in [1.29, 1.82) is 0 Å². The molecule has 2 rings (SSSR count). The fraction of sp³-hybridized carbons (Fsp3) is 0.278. The summed E-state index contributed by atoms with van der Waals surface area (Å²) >= 11 is 2.15. The third kappa shape index (κ3) is 3.96. The minimum Gasteiger partial charge on any atom is -0.493 e. The summed E-state index contributed by atoms with van der Waals surface area (Å²) in [5.41, 5.74) is 3.56. The second kappa shape index (κ2) is 7.68. The molecule has 2 aromatic carbocycles. The van der Waals surface area contributed by atoms with E-state index in [4.69, 9.17) is 9.47 Å². The van der Waals surface area contributed by atoms with Gasteiger partial charge in [-0.2, -0.15) is 0 Å². The Kier molecular flexibility index (Phi) is 5.87. The predicted molar refractivity (Wildman–Crippen MR) is 101 cm³/mol. The van der Waals surface area contributed by atoms with Crippen LogP contribution in [-0.2, 0) is 0 Å². The van der Waals surface area contributed by atoms with E-state index in [0.29, 0.717) is 23.7 Å². The molecule has 4 nitrogen and oxygen atoms in total. The van der Waals surface area contributed by atoms with Gasteiger partial charge in [-0.25, -0.2) is 0 Å². The molecule has 0 fully saturated rings. The van der Waals surface area contributed by atoms with Crippen LogP contribution in [0.2, 0.25) is 0 Å². The molecule has 1 N–H and O–H groups in total. The van der Waals surface area contributed by atoms with Crippen molar-refractivity contribution in [1.82, 2.24) is 0 Å². The number of nitrogens with one attached hydrogen (secondary N) is 1. The van der Waals surface area contributed by atoms with Crippen molar-refractivity contribution in [2.24, 2.45) is 0 Å². The number of aryl methyl sites for hydroxylation is 1. The van der Waals surface area contributed by atoms with Crippen LogP contribution in [0, 0.1) is 17.4 Å². The Morgan fingerprint density at radius 1 is 1.26 bits per heavy atom. The first-order chi connectivity index (χ1) is 11.0. The Morgan fingerprint density at radius 3 is 2.65 bits per heavy atom. The number of rotatable bonds is 5. The van der Waals surface area contributed by atoms with E-state index in [1.54, 1.807) is 19.2 Å². The van der Waals surface area contributed by atoms with Gasteiger partial charge in [0.25, 0.3) is 5.91 Å². The van der Waals surface area contributed by atoms with Crippen molar-refractivity contribution < 1.29 is 14.3 Å². The molecule has 23 heavy (non-hydrogen) atoms. The number of carbonyl (C=O) groups excluding carboxylic acids is 1. The first-order valence-corrected chi connectivity index (χ1v) is 8.43. The van der Waals surface area contributed by atoms with Crippen LogP contribution >= 0.6 is 22.6 Å². The van der Waals surface area contributed by atoms with Gasteiger partial charge in [0.15, 0.2) is 11.5 Å². The third-order valence-electron chi connectivity index (χ3n) is 3.63. The lowest BCUT2D eigenvalue weighted by atomic mass is 10.1. The van der Waals surface area contributed by atoms with E-state index in [0.717, 1.165) is 20.4 Å². The Balaban J connectivity index is 2.32. The molecule has 0 saturated carbocycles.